The first-order valence-electron chi connectivity index (χ1n) is 10.8. The second-order valence-electron chi connectivity index (χ2n) is 8.51. The van der Waals surface area contributed by atoms with Crippen LogP contribution in [0, 0.1) is 5.92 Å². The van der Waals surface area contributed by atoms with Crippen LogP contribution in [-0.4, -0.2) is 98.1 Å². The normalized spacial score (nSPS) is 34.3. The number of unbranched alkanes of at least 4 members (excludes halogenated alkanes) is 3. The van der Waals surface area contributed by atoms with Crippen LogP contribution >= 0.6 is 0 Å². The Kier molecular flexibility index (Phi) is 9.43. The molecule has 28 heavy (non-hydrogen) atoms. The molecule has 2 rings (SSSR count). The highest BCUT2D eigenvalue weighted by Crippen LogP contribution is 2.28. The zero-order valence-corrected chi connectivity index (χ0v) is 17.0. The van der Waals surface area contributed by atoms with Gasteiger partial charge in [0.2, 0.25) is 0 Å². The van der Waals surface area contributed by atoms with Crippen LogP contribution in [-0.2, 0) is 0 Å². The van der Waals surface area contributed by atoms with Gasteiger partial charge in [0, 0.05) is 19.1 Å². The molecule has 1 aliphatic carbocycles. The molecule has 8 heteroatoms. The second-order valence-corrected chi connectivity index (χ2v) is 8.51. The average Bonchev–Trinajstić information content (AvgIpc) is 2.66. The molecule has 0 aromatic heterocycles. The monoisotopic (exact) mass is 402 g/mol. The topological polar surface area (TPSA) is 125 Å². The summed E-state index contributed by atoms with van der Waals surface area (Å²) in [6.45, 7) is 3.30. The van der Waals surface area contributed by atoms with E-state index < -0.39 is 30.4 Å². The zero-order valence-electron chi connectivity index (χ0n) is 17.0. The number of β-amino-alcohol motifs (C(OH)–C–C–N with tert-alkyl or cyclic N) is 1. The van der Waals surface area contributed by atoms with E-state index in [4.69, 9.17) is 0 Å². The fourth-order valence-electron chi connectivity index (χ4n) is 4.75. The van der Waals surface area contributed by atoms with E-state index in [0.29, 0.717) is 19.0 Å². The Morgan fingerprint density at radius 2 is 1.71 bits per heavy atom. The number of carboxylic acid groups (broad SMARTS) is 1. The van der Waals surface area contributed by atoms with Crippen LogP contribution in [0.25, 0.3) is 0 Å². The van der Waals surface area contributed by atoms with Crippen molar-refractivity contribution in [2.75, 3.05) is 26.2 Å². The van der Waals surface area contributed by atoms with Crippen LogP contribution in [0.15, 0.2) is 0 Å². The molecule has 5 N–H and O–H groups in total. The first kappa shape index (κ1) is 23.3. The molecule has 1 heterocycles. The largest absolute Gasteiger partial charge is 0.465 e. The Morgan fingerprint density at radius 1 is 1.04 bits per heavy atom. The number of rotatable bonds is 9. The maximum atomic E-state index is 11.7. The lowest BCUT2D eigenvalue weighted by atomic mass is 9.85. The molecule has 1 aliphatic heterocycles. The number of hydrogen-bond acceptors (Lipinski definition) is 6. The summed E-state index contributed by atoms with van der Waals surface area (Å²) in [6.07, 6.45) is 3.62. The van der Waals surface area contributed by atoms with Crippen LogP contribution in [0.2, 0.25) is 0 Å². The molecule has 2 fully saturated rings. The highest BCUT2D eigenvalue weighted by Gasteiger charge is 2.40. The van der Waals surface area contributed by atoms with Crippen molar-refractivity contribution in [3.8, 4) is 0 Å². The molecule has 1 saturated heterocycles. The van der Waals surface area contributed by atoms with E-state index in [1.165, 1.54) is 6.42 Å². The summed E-state index contributed by atoms with van der Waals surface area (Å²) in [7, 11) is 0. The Morgan fingerprint density at radius 3 is 2.36 bits per heavy atom. The number of amides is 1. The van der Waals surface area contributed by atoms with Gasteiger partial charge >= 0.3 is 6.09 Å². The van der Waals surface area contributed by atoms with Gasteiger partial charge in [0.15, 0.2) is 0 Å². The van der Waals surface area contributed by atoms with Crippen molar-refractivity contribution < 1.29 is 30.3 Å². The van der Waals surface area contributed by atoms with Crippen molar-refractivity contribution in [3.63, 3.8) is 0 Å². The third kappa shape index (κ3) is 6.03. The molecule has 6 atom stereocenters. The van der Waals surface area contributed by atoms with Crippen LogP contribution in [0.3, 0.4) is 0 Å². The molecule has 164 valence electrons. The molecule has 0 aromatic rings. The number of aliphatic hydroxyl groups excluding tert-OH is 4. The first-order valence-corrected chi connectivity index (χ1v) is 10.8. The molecule has 0 radical (unpaired) electrons. The van der Waals surface area contributed by atoms with E-state index in [0.717, 1.165) is 44.9 Å². The average molecular weight is 403 g/mol. The Labute approximate surface area is 167 Å². The van der Waals surface area contributed by atoms with Crippen LogP contribution < -0.4 is 0 Å². The summed E-state index contributed by atoms with van der Waals surface area (Å²) < 4.78 is 0. The quantitative estimate of drug-likeness (QED) is 0.362. The lowest BCUT2D eigenvalue weighted by molar-refractivity contribution is -0.145. The Balaban J connectivity index is 1.69. The summed E-state index contributed by atoms with van der Waals surface area (Å²) in [5.41, 5.74) is 0. The van der Waals surface area contributed by atoms with Crippen molar-refractivity contribution in [1.29, 1.82) is 0 Å². The van der Waals surface area contributed by atoms with Crippen molar-refractivity contribution in [2.45, 2.75) is 88.7 Å². The van der Waals surface area contributed by atoms with E-state index in [-0.39, 0.29) is 19.2 Å². The van der Waals surface area contributed by atoms with Gasteiger partial charge < -0.3 is 30.4 Å². The van der Waals surface area contributed by atoms with Crippen LogP contribution in [0.1, 0.15) is 58.3 Å². The number of hydrogen-bond donors (Lipinski definition) is 5. The van der Waals surface area contributed by atoms with E-state index in [1.807, 2.05) is 4.90 Å². The van der Waals surface area contributed by atoms with E-state index in [9.17, 15) is 30.3 Å². The Bertz CT molecular complexity index is 480. The minimum absolute atomic E-state index is 0.138. The number of likely N-dealkylation sites (tertiary alicyclic amines) is 1. The number of piperidine rings is 1. The smallest absolute Gasteiger partial charge is 0.407 e. The standard InChI is InChI=1S/C20H38N2O6/c1-14-8-4-5-9-15(14)22(20(27)28)11-7-3-2-6-10-21-12-17(24)19(26)18(25)16(21)13-23/h14-19,23-26H,2-13H2,1H3,(H,27,28)/t14?,15?,16-,17+,18-,19-/m1/s1. The summed E-state index contributed by atoms with van der Waals surface area (Å²) >= 11 is 0. The number of carbonyl (C=O) groups is 1. The van der Waals surface area contributed by atoms with Gasteiger partial charge in [-0.1, -0.05) is 32.6 Å². The summed E-state index contributed by atoms with van der Waals surface area (Å²) in [5, 5.41) is 48.6. The molecule has 0 aromatic carbocycles. The predicted molar refractivity (Wildman–Crippen MR) is 105 cm³/mol. The minimum atomic E-state index is -1.22. The highest BCUT2D eigenvalue weighted by atomic mass is 16.4. The lowest BCUT2D eigenvalue weighted by Crippen LogP contribution is -2.62. The third-order valence-corrected chi connectivity index (χ3v) is 6.52. The molecular formula is C20H38N2O6. The molecule has 0 bridgehead atoms. The number of nitrogens with zero attached hydrogens (tertiary/aromatic N) is 2. The third-order valence-electron chi connectivity index (χ3n) is 6.52. The first-order chi connectivity index (χ1) is 13.4. The summed E-state index contributed by atoms with van der Waals surface area (Å²) in [4.78, 5) is 15.1. The van der Waals surface area contributed by atoms with Crippen molar-refractivity contribution in [2.24, 2.45) is 5.92 Å². The molecule has 2 unspecified atom stereocenters. The van der Waals surface area contributed by atoms with Gasteiger partial charge in [-0.15, -0.1) is 0 Å². The van der Waals surface area contributed by atoms with Gasteiger partial charge in [0.1, 0.15) is 12.2 Å². The zero-order chi connectivity index (χ0) is 20.7. The fraction of sp³-hybridized carbons (Fsp3) is 0.950. The maximum Gasteiger partial charge on any atom is 0.407 e. The van der Waals surface area contributed by atoms with Crippen LogP contribution in [0.4, 0.5) is 4.79 Å². The van der Waals surface area contributed by atoms with Gasteiger partial charge in [-0.3, -0.25) is 4.90 Å². The lowest BCUT2D eigenvalue weighted by Gasteiger charge is -2.43. The van der Waals surface area contributed by atoms with E-state index in [1.54, 1.807) is 4.90 Å². The maximum absolute atomic E-state index is 11.7. The molecule has 8 nitrogen and oxygen atoms in total. The number of aliphatic hydroxyl groups is 4. The van der Waals surface area contributed by atoms with E-state index >= 15 is 0 Å². The van der Waals surface area contributed by atoms with Gasteiger partial charge in [0.25, 0.3) is 0 Å². The molecule has 2 aliphatic rings. The summed E-state index contributed by atoms with van der Waals surface area (Å²) in [6, 6.07) is -0.423. The molecule has 1 saturated carbocycles. The molecular weight excluding hydrogens is 364 g/mol. The van der Waals surface area contributed by atoms with Crippen molar-refractivity contribution in [3.05, 3.63) is 0 Å². The van der Waals surface area contributed by atoms with Crippen molar-refractivity contribution >= 4 is 6.09 Å². The van der Waals surface area contributed by atoms with Crippen molar-refractivity contribution in [1.82, 2.24) is 9.80 Å². The minimum Gasteiger partial charge on any atom is -0.465 e. The fourth-order valence-corrected chi connectivity index (χ4v) is 4.75. The van der Waals surface area contributed by atoms with Gasteiger partial charge in [0.05, 0.1) is 18.8 Å². The molecule has 1 amide bonds. The van der Waals surface area contributed by atoms with Gasteiger partial charge in [-0.25, -0.2) is 4.79 Å². The highest BCUT2D eigenvalue weighted by molar-refractivity contribution is 5.65. The SMILES string of the molecule is CC1CCCCC1N(CCCCCCN1C[C@H](O)[C@@H](O)[C@H](O)[C@H]1CO)C(=O)O. The summed E-state index contributed by atoms with van der Waals surface area (Å²) in [5.74, 6) is 0.424. The molecule has 0 spiro atoms. The van der Waals surface area contributed by atoms with E-state index in [2.05, 4.69) is 6.92 Å². The Hall–Kier alpha value is -0.930. The van der Waals surface area contributed by atoms with Gasteiger partial charge in [-0.05, 0) is 38.1 Å². The van der Waals surface area contributed by atoms with Gasteiger partial charge in [-0.2, -0.15) is 0 Å². The second kappa shape index (κ2) is 11.3. The predicted octanol–water partition coefficient (Wildman–Crippen LogP) is 0.865. The van der Waals surface area contributed by atoms with Crippen LogP contribution in [0.5, 0.6) is 0 Å².